The Morgan fingerprint density at radius 1 is 1.19 bits per heavy atom. The smallest absolute Gasteiger partial charge is 0.187 e. The highest BCUT2D eigenvalue weighted by molar-refractivity contribution is 7.90. The Labute approximate surface area is 188 Å². The predicted octanol–water partition coefficient (Wildman–Crippen LogP) is 4.87. The highest BCUT2D eigenvalue weighted by atomic mass is 35.5. The van der Waals surface area contributed by atoms with Crippen LogP contribution in [0.1, 0.15) is 23.2 Å². The lowest BCUT2D eigenvalue weighted by Crippen LogP contribution is -2.36. The Kier molecular flexibility index (Phi) is 6.57. The van der Waals surface area contributed by atoms with E-state index in [1.54, 1.807) is 11.4 Å². The molecule has 0 saturated carbocycles. The number of rotatable bonds is 8. The molecule has 31 heavy (non-hydrogen) atoms. The lowest BCUT2D eigenvalue weighted by atomic mass is 10.0. The van der Waals surface area contributed by atoms with E-state index in [1.807, 2.05) is 6.07 Å². The Morgan fingerprint density at radius 2 is 2.00 bits per heavy atom. The average Bonchev–Trinajstić information content (AvgIpc) is 3.19. The van der Waals surface area contributed by atoms with Crippen LogP contribution in [0.25, 0.3) is 0 Å². The van der Waals surface area contributed by atoms with Gasteiger partial charge in [0.2, 0.25) is 0 Å². The topological polar surface area (TPSA) is 62.3 Å². The lowest BCUT2D eigenvalue weighted by Gasteiger charge is -2.31. The number of halogens is 3. The highest BCUT2D eigenvalue weighted by Gasteiger charge is 2.24. The van der Waals surface area contributed by atoms with Gasteiger partial charge in [-0.2, -0.15) is 0 Å². The molecule has 0 unspecified atom stereocenters. The summed E-state index contributed by atoms with van der Waals surface area (Å²) in [4.78, 5) is 5.67. The van der Waals surface area contributed by atoms with Gasteiger partial charge in [0.25, 0.3) is 0 Å². The fraction of sp³-hybridized carbons (Fsp3) is 0.286. The summed E-state index contributed by atoms with van der Waals surface area (Å²) < 4.78 is 54.5. The minimum absolute atomic E-state index is 0.0971. The van der Waals surface area contributed by atoms with Crippen LogP contribution in [0.3, 0.4) is 0 Å². The normalized spacial score (nSPS) is 14.4. The third kappa shape index (κ3) is 4.90. The third-order valence-electron chi connectivity index (χ3n) is 5.22. The van der Waals surface area contributed by atoms with E-state index in [9.17, 15) is 17.2 Å². The molecule has 0 atom stereocenters. The van der Waals surface area contributed by atoms with Crippen molar-refractivity contribution in [2.45, 2.75) is 30.2 Å². The van der Waals surface area contributed by atoms with E-state index in [4.69, 9.17) is 11.6 Å². The molecule has 0 spiro atoms. The second-order valence-electron chi connectivity index (χ2n) is 7.34. The first-order valence-corrected chi connectivity index (χ1v) is 12.6. The van der Waals surface area contributed by atoms with Crippen LogP contribution in [-0.2, 0) is 28.7 Å². The predicted molar refractivity (Wildman–Crippen MR) is 118 cm³/mol. The second kappa shape index (κ2) is 9.20. The fourth-order valence-electron chi connectivity index (χ4n) is 3.40. The molecular formula is C21H20ClF2N3O2S2. The maximum Gasteiger partial charge on any atom is 0.187 e. The van der Waals surface area contributed by atoms with Gasteiger partial charge in [0.1, 0.15) is 15.7 Å². The Balaban J connectivity index is 1.53. The molecular weight excluding hydrogens is 464 g/mol. The first kappa shape index (κ1) is 22.1. The lowest BCUT2D eigenvalue weighted by molar-refractivity contribution is 0.172. The van der Waals surface area contributed by atoms with Crippen molar-refractivity contribution in [1.82, 2.24) is 9.88 Å². The molecule has 3 aromatic rings. The fourth-order valence-corrected chi connectivity index (χ4v) is 5.71. The number of anilines is 1. The van der Waals surface area contributed by atoms with Crippen LogP contribution < -0.4 is 5.32 Å². The Bertz CT molecular complexity index is 1180. The minimum atomic E-state index is -3.95. The largest absolute Gasteiger partial charge is 0.380 e. The summed E-state index contributed by atoms with van der Waals surface area (Å²) in [5.41, 5.74) is 3.39. The molecule has 1 fully saturated rings. The summed E-state index contributed by atoms with van der Waals surface area (Å²) in [6.07, 6.45) is 1.13. The van der Waals surface area contributed by atoms with Gasteiger partial charge < -0.3 is 5.32 Å². The van der Waals surface area contributed by atoms with Crippen LogP contribution in [0.5, 0.6) is 0 Å². The SMILES string of the molecule is O=S(=O)(Cc1cscn1)c1ccc(NCc2c(F)cccc2CN2CCC2)c(Cl)c1F. The molecule has 1 aliphatic heterocycles. The van der Waals surface area contributed by atoms with Crippen molar-refractivity contribution < 1.29 is 17.2 Å². The summed E-state index contributed by atoms with van der Waals surface area (Å²) in [5.74, 6) is -1.80. The van der Waals surface area contributed by atoms with Gasteiger partial charge >= 0.3 is 0 Å². The molecule has 10 heteroatoms. The number of likely N-dealkylation sites (tertiary alicyclic amines) is 1. The monoisotopic (exact) mass is 483 g/mol. The summed E-state index contributed by atoms with van der Waals surface area (Å²) in [7, 11) is -3.95. The Hall–Kier alpha value is -2.07. The number of hydrogen-bond acceptors (Lipinski definition) is 6. The Morgan fingerprint density at radius 3 is 2.68 bits per heavy atom. The number of thiazole rings is 1. The van der Waals surface area contributed by atoms with Gasteiger partial charge in [-0.05, 0) is 43.3 Å². The first-order valence-electron chi connectivity index (χ1n) is 9.65. The molecule has 164 valence electrons. The molecule has 0 amide bonds. The number of nitrogens with one attached hydrogen (secondary N) is 1. The first-order chi connectivity index (χ1) is 14.8. The highest BCUT2D eigenvalue weighted by Crippen LogP contribution is 2.32. The van der Waals surface area contributed by atoms with E-state index < -0.39 is 26.3 Å². The molecule has 1 saturated heterocycles. The van der Waals surface area contributed by atoms with Crippen LogP contribution in [0.4, 0.5) is 14.5 Å². The number of aromatic nitrogens is 1. The quantitative estimate of drug-likeness (QED) is 0.495. The van der Waals surface area contributed by atoms with Crippen LogP contribution in [0.2, 0.25) is 5.02 Å². The van der Waals surface area contributed by atoms with Gasteiger partial charge in [-0.15, -0.1) is 11.3 Å². The maximum absolute atomic E-state index is 14.8. The third-order valence-corrected chi connectivity index (χ3v) is 7.88. The van der Waals surface area contributed by atoms with Crippen molar-refractivity contribution in [2.75, 3.05) is 18.4 Å². The van der Waals surface area contributed by atoms with Gasteiger partial charge in [-0.1, -0.05) is 23.7 Å². The average molecular weight is 484 g/mol. The molecule has 2 heterocycles. The number of sulfone groups is 1. The van der Waals surface area contributed by atoms with E-state index in [1.165, 1.54) is 35.0 Å². The zero-order valence-electron chi connectivity index (χ0n) is 16.4. The van der Waals surface area contributed by atoms with Crippen molar-refractivity contribution >= 4 is 38.5 Å². The zero-order chi connectivity index (χ0) is 22.0. The van der Waals surface area contributed by atoms with Gasteiger partial charge in [0.05, 0.1) is 22.6 Å². The molecule has 1 N–H and O–H groups in total. The standard InChI is InChI=1S/C21H20ClF2N3O2S2/c22-20-18(5-6-19(21(20)24)31(28,29)12-15-11-30-13-26-15)25-9-16-14(3-1-4-17(16)23)10-27-7-2-8-27/h1,3-6,11,13,25H,2,7-10,12H2. The molecule has 0 bridgehead atoms. The molecule has 0 radical (unpaired) electrons. The summed E-state index contributed by atoms with van der Waals surface area (Å²) in [6.45, 7) is 2.71. The summed E-state index contributed by atoms with van der Waals surface area (Å²) in [6, 6.07) is 7.49. The second-order valence-corrected chi connectivity index (χ2v) is 10.4. The number of hydrogen-bond donors (Lipinski definition) is 1. The van der Waals surface area contributed by atoms with Gasteiger partial charge in [0.15, 0.2) is 15.7 Å². The van der Waals surface area contributed by atoms with Crippen LogP contribution in [0, 0.1) is 11.6 Å². The van der Waals surface area contributed by atoms with Gasteiger partial charge in [-0.3, -0.25) is 4.90 Å². The van der Waals surface area contributed by atoms with Crippen molar-refractivity contribution in [3.8, 4) is 0 Å². The summed E-state index contributed by atoms with van der Waals surface area (Å²) >= 11 is 7.39. The molecule has 2 aromatic carbocycles. The maximum atomic E-state index is 14.8. The van der Waals surface area contributed by atoms with E-state index in [0.29, 0.717) is 17.8 Å². The van der Waals surface area contributed by atoms with Crippen LogP contribution in [0.15, 0.2) is 46.1 Å². The van der Waals surface area contributed by atoms with E-state index in [-0.39, 0.29) is 23.1 Å². The van der Waals surface area contributed by atoms with E-state index in [2.05, 4.69) is 15.2 Å². The van der Waals surface area contributed by atoms with Crippen molar-refractivity contribution in [2.24, 2.45) is 0 Å². The zero-order valence-corrected chi connectivity index (χ0v) is 18.8. The molecule has 0 aliphatic carbocycles. The van der Waals surface area contributed by atoms with Crippen molar-refractivity contribution in [3.63, 3.8) is 0 Å². The van der Waals surface area contributed by atoms with Gasteiger partial charge in [-0.25, -0.2) is 22.2 Å². The molecule has 1 aliphatic rings. The molecule has 5 nitrogen and oxygen atoms in total. The van der Waals surface area contributed by atoms with Crippen molar-refractivity contribution in [1.29, 1.82) is 0 Å². The molecule has 4 rings (SSSR count). The van der Waals surface area contributed by atoms with Gasteiger partial charge in [0, 0.05) is 24.0 Å². The molecule has 1 aromatic heterocycles. The van der Waals surface area contributed by atoms with E-state index in [0.717, 1.165) is 25.1 Å². The van der Waals surface area contributed by atoms with Crippen LogP contribution >= 0.6 is 22.9 Å². The number of benzene rings is 2. The summed E-state index contributed by atoms with van der Waals surface area (Å²) in [5, 5.41) is 4.20. The minimum Gasteiger partial charge on any atom is -0.380 e. The van der Waals surface area contributed by atoms with Crippen LogP contribution in [-0.4, -0.2) is 31.4 Å². The van der Waals surface area contributed by atoms with E-state index >= 15 is 0 Å². The number of nitrogens with zero attached hydrogens (tertiary/aromatic N) is 2. The van der Waals surface area contributed by atoms with Crippen molar-refractivity contribution in [3.05, 3.63) is 74.7 Å².